The summed E-state index contributed by atoms with van der Waals surface area (Å²) in [5.41, 5.74) is 1.23. The maximum atomic E-state index is 12.1. The van der Waals surface area contributed by atoms with Crippen LogP contribution in [-0.2, 0) is 4.79 Å². The van der Waals surface area contributed by atoms with Crippen molar-refractivity contribution < 1.29 is 19.0 Å². The molecule has 0 aliphatic carbocycles. The summed E-state index contributed by atoms with van der Waals surface area (Å²) in [5.74, 6) is 1.35. The molecule has 0 atom stereocenters. The van der Waals surface area contributed by atoms with Crippen LogP contribution in [0.4, 0.5) is 5.69 Å². The molecule has 2 aromatic carbocycles. The van der Waals surface area contributed by atoms with Crippen LogP contribution in [0.15, 0.2) is 42.5 Å². The van der Waals surface area contributed by atoms with Gasteiger partial charge in [0.15, 0.2) is 11.5 Å². The second-order valence-electron chi connectivity index (χ2n) is 4.75. The third kappa shape index (κ3) is 4.20. The molecule has 0 fully saturated rings. The first-order chi connectivity index (χ1) is 11.6. The highest BCUT2D eigenvalue weighted by atomic mass is 35.5. The first kappa shape index (κ1) is 17.7. The predicted octanol–water partition coefficient (Wildman–Crippen LogP) is 4.02. The lowest BCUT2D eigenvalue weighted by Crippen LogP contribution is -2.08. The SMILES string of the molecule is COc1cc(OC)c(OC)cc1/C=C/C(=O)Nc1ccccc1Cl. The van der Waals surface area contributed by atoms with Gasteiger partial charge in [-0.05, 0) is 24.3 Å². The van der Waals surface area contributed by atoms with Gasteiger partial charge >= 0.3 is 0 Å². The zero-order chi connectivity index (χ0) is 17.5. The van der Waals surface area contributed by atoms with Crippen LogP contribution in [0.2, 0.25) is 5.02 Å². The molecule has 0 heterocycles. The van der Waals surface area contributed by atoms with E-state index in [0.717, 1.165) is 0 Å². The van der Waals surface area contributed by atoms with Crippen LogP contribution >= 0.6 is 11.6 Å². The average molecular weight is 348 g/mol. The number of para-hydroxylation sites is 1. The number of hydrogen-bond acceptors (Lipinski definition) is 4. The molecule has 0 aliphatic rings. The highest BCUT2D eigenvalue weighted by Crippen LogP contribution is 2.35. The van der Waals surface area contributed by atoms with Gasteiger partial charge < -0.3 is 19.5 Å². The normalized spacial score (nSPS) is 10.5. The number of carbonyl (C=O) groups excluding carboxylic acids is 1. The van der Waals surface area contributed by atoms with E-state index in [1.54, 1.807) is 63.8 Å². The van der Waals surface area contributed by atoms with Gasteiger partial charge in [0.1, 0.15) is 5.75 Å². The Hall–Kier alpha value is -2.66. The molecule has 0 spiro atoms. The van der Waals surface area contributed by atoms with Crippen LogP contribution in [0.5, 0.6) is 17.2 Å². The van der Waals surface area contributed by atoms with Gasteiger partial charge in [-0.3, -0.25) is 4.79 Å². The van der Waals surface area contributed by atoms with Crippen LogP contribution in [0, 0.1) is 0 Å². The average Bonchev–Trinajstić information content (AvgIpc) is 2.61. The number of halogens is 1. The fourth-order valence-corrected chi connectivity index (χ4v) is 2.27. The molecule has 0 radical (unpaired) electrons. The van der Waals surface area contributed by atoms with Crippen LogP contribution in [0.3, 0.4) is 0 Å². The van der Waals surface area contributed by atoms with Crippen LogP contribution in [0.25, 0.3) is 6.08 Å². The van der Waals surface area contributed by atoms with Gasteiger partial charge in [-0.15, -0.1) is 0 Å². The van der Waals surface area contributed by atoms with Gasteiger partial charge in [0, 0.05) is 17.7 Å². The first-order valence-electron chi connectivity index (χ1n) is 7.12. The molecule has 0 bridgehead atoms. The van der Waals surface area contributed by atoms with E-state index in [1.165, 1.54) is 6.08 Å². The minimum absolute atomic E-state index is 0.306. The molecule has 2 aromatic rings. The largest absolute Gasteiger partial charge is 0.496 e. The standard InChI is InChI=1S/C18H18ClNO4/c1-22-15-11-17(24-3)16(23-2)10-12(15)8-9-18(21)20-14-7-5-4-6-13(14)19/h4-11H,1-3H3,(H,20,21)/b9-8+. The molecule has 0 aliphatic heterocycles. The summed E-state index contributed by atoms with van der Waals surface area (Å²) >= 11 is 6.02. The topological polar surface area (TPSA) is 56.8 Å². The molecule has 1 N–H and O–H groups in total. The number of benzene rings is 2. The van der Waals surface area contributed by atoms with Crippen LogP contribution < -0.4 is 19.5 Å². The third-order valence-electron chi connectivity index (χ3n) is 3.28. The van der Waals surface area contributed by atoms with E-state index in [9.17, 15) is 4.79 Å². The van der Waals surface area contributed by atoms with Gasteiger partial charge in [0.05, 0.1) is 32.0 Å². The second-order valence-corrected chi connectivity index (χ2v) is 5.16. The van der Waals surface area contributed by atoms with E-state index in [2.05, 4.69) is 5.32 Å². The minimum Gasteiger partial charge on any atom is -0.496 e. The van der Waals surface area contributed by atoms with Gasteiger partial charge in [-0.2, -0.15) is 0 Å². The highest BCUT2D eigenvalue weighted by Gasteiger charge is 2.10. The highest BCUT2D eigenvalue weighted by molar-refractivity contribution is 6.33. The maximum Gasteiger partial charge on any atom is 0.248 e. The molecule has 24 heavy (non-hydrogen) atoms. The molecule has 5 nitrogen and oxygen atoms in total. The van der Waals surface area contributed by atoms with E-state index >= 15 is 0 Å². The van der Waals surface area contributed by atoms with Crippen molar-refractivity contribution in [2.75, 3.05) is 26.6 Å². The van der Waals surface area contributed by atoms with E-state index in [-0.39, 0.29) is 5.91 Å². The fourth-order valence-electron chi connectivity index (χ4n) is 2.09. The van der Waals surface area contributed by atoms with Crippen molar-refractivity contribution in [3.8, 4) is 17.2 Å². The Labute approximate surface area is 145 Å². The molecule has 1 amide bonds. The summed E-state index contributed by atoms with van der Waals surface area (Å²) in [6, 6.07) is 10.5. The third-order valence-corrected chi connectivity index (χ3v) is 3.61. The Morgan fingerprint density at radius 3 is 2.25 bits per heavy atom. The number of carbonyl (C=O) groups is 1. The second kappa shape index (κ2) is 8.26. The smallest absolute Gasteiger partial charge is 0.248 e. The van der Waals surface area contributed by atoms with Crippen molar-refractivity contribution >= 4 is 29.3 Å². The summed E-state index contributed by atoms with van der Waals surface area (Å²) in [4.78, 5) is 12.1. The van der Waals surface area contributed by atoms with Crippen LogP contribution in [-0.4, -0.2) is 27.2 Å². The Balaban J connectivity index is 2.21. The Morgan fingerprint density at radius 2 is 1.62 bits per heavy atom. The van der Waals surface area contributed by atoms with Crippen molar-refractivity contribution in [1.29, 1.82) is 0 Å². The zero-order valence-electron chi connectivity index (χ0n) is 13.6. The molecule has 0 saturated heterocycles. The Kier molecular flexibility index (Phi) is 6.09. The summed E-state index contributed by atoms with van der Waals surface area (Å²) in [6.45, 7) is 0. The summed E-state index contributed by atoms with van der Waals surface area (Å²) in [5, 5.41) is 3.19. The monoisotopic (exact) mass is 347 g/mol. The van der Waals surface area contributed by atoms with Crippen molar-refractivity contribution in [1.82, 2.24) is 0 Å². The number of methoxy groups -OCH3 is 3. The lowest BCUT2D eigenvalue weighted by atomic mass is 10.1. The lowest BCUT2D eigenvalue weighted by molar-refractivity contribution is -0.111. The molecular weight excluding hydrogens is 330 g/mol. The summed E-state index contributed by atoms with van der Waals surface area (Å²) < 4.78 is 15.8. The van der Waals surface area contributed by atoms with Crippen molar-refractivity contribution in [2.45, 2.75) is 0 Å². The molecule has 0 unspecified atom stereocenters. The maximum absolute atomic E-state index is 12.1. The zero-order valence-corrected chi connectivity index (χ0v) is 14.4. The number of rotatable bonds is 6. The van der Waals surface area contributed by atoms with E-state index in [1.807, 2.05) is 0 Å². The van der Waals surface area contributed by atoms with Crippen molar-refractivity contribution in [2.24, 2.45) is 0 Å². The number of ether oxygens (including phenoxy) is 3. The van der Waals surface area contributed by atoms with Crippen LogP contribution in [0.1, 0.15) is 5.56 Å². The van der Waals surface area contributed by atoms with Gasteiger partial charge in [-0.1, -0.05) is 23.7 Å². The van der Waals surface area contributed by atoms with Crippen molar-refractivity contribution in [3.05, 3.63) is 53.1 Å². The number of hydrogen-bond donors (Lipinski definition) is 1. The van der Waals surface area contributed by atoms with E-state index in [4.69, 9.17) is 25.8 Å². The molecule has 6 heteroatoms. The summed E-state index contributed by atoms with van der Waals surface area (Å²) in [6.07, 6.45) is 3.03. The Morgan fingerprint density at radius 1 is 1.00 bits per heavy atom. The van der Waals surface area contributed by atoms with Crippen molar-refractivity contribution in [3.63, 3.8) is 0 Å². The molecule has 0 aromatic heterocycles. The predicted molar refractivity (Wildman–Crippen MR) is 95.2 cm³/mol. The number of anilines is 1. The molecule has 126 valence electrons. The minimum atomic E-state index is -0.306. The summed E-state index contributed by atoms with van der Waals surface area (Å²) in [7, 11) is 4.63. The fraction of sp³-hybridized carbons (Fsp3) is 0.167. The molecular formula is C18H18ClNO4. The molecule has 2 rings (SSSR count). The quantitative estimate of drug-likeness (QED) is 0.802. The number of nitrogens with one attached hydrogen (secondary N) is 1. The molecule has 0 saturated carbocycles. The first-order valence-corrected chi connectivity index (χ1v) is 7.50. The van der Waals surface area contributed by atoms with E-state index < -0.39 is 0 Å². The number of amides is 1. The van der Waals surface area contributed by atoms with Gasteiger partial charge in [-0.25, -0.2) is 0 Å². The van der Waals surface area contributed by atoms with E-state index in [0.29, 0.717) is 33.5 Å². The Bertz CT molecular complexity index is 759. The van der Waals surface area contributed by atoms with Gasteiger partial charge in [0.25, 0.3) is 0 Å². The lowest BCUT2D eigenvalue weighted by Gasteiger charge is -2.12. The van der Waals surface area contributed by atoms with Gasteiger partial charge in [0.2, 0.25) is 5.91 Å².